The average Bonchev–Trinajstić information content (AvgIpc) is 3.40. The molecule has 326 valence electrons. The Hall–Kier alpha value is -4.99. The highest BCUT2D eigenvalue weighted by molar-refractivity contribution is 5.90. The smallest absolute Gasteiger partial charge is 0.334 e. The maximum Gasteiger partial charge on any atom is 0.334 e. The van der Waals surface area contributed by atoms with Crippen molar-refractivity contribution < 1.29 is 49.4 Å². The fourth-order valence-electron chi connectivity index (χ4n) is 11.8. The van der Waals surface area contributed by atoms with Crippen LogP contribution in [0.4, 0.5) is 5.69 Å². The summed E-state index contributed by atoms with van der Waals surface area (Å²) in [7, 11) is 0. The van der Waals surface area contributed by atoms with Crippen LogP contribution in [0.15, 0.2) is 59.7 Å². The number of anilines is 1. The van der Waals surface area contributed by atoms with E-state index in [9.17, 15) is 35.1 Å². The van der Waals surface area contributed by atoms with Gasteiger partial charge in [0.15, 0.2) is 0 Å². The van der Waals surface area contributed by atoms with Crippen LogP contribution in [-0.4, -0.2) is 73.7 Å². The predicted octanol–water partition coefficient (Wildman–Crippen LogP) is 5.88. The molecule has 3 aliphatic heterocycles. The molecule has 3 aromatic rings. The summed E-state index contributed by atoms with van der Waals surface area (Å²) in [6.45, 7) is 3.66. The zero-order valence-electron chi connectivity index (χ0n) is 35.5. The van der Waals surface area contributed by atoms with Crippen molar-refractivity contribution in [2.75, 3.05) is 11.9 Å². The molecule has 2 fully saturated rings. The Labute approximate surface area is 362 Å². The molecule has 10 atom stereocenters. The first-order valence-electron chi connectivity index (χ1n) is 22.5. The van der Waals surface area contributed by atoms with Crippen LogP contribution in [0, 0.1) is 35.5 Å². The van der Waals surface area contributed by atoms with Gasteiger partial charge in [-0.3, -0.25) is 9.59 Å². The minimum Gasteiger partial charge on any atom is -0.508 e. The minimum absolute atomic E-state index is 0.00237. The van der Waals surface area contributed by atoms with Crippen LogP contribution >= 0.6 is 0 Å². The molecule has 0 saturated heterocycles. The fourth-order valence-corrected chi connectivity index (χ4v) is 11.8. The molecule has 3 aromatic carbocycles. The summed E-state index contributed by atoms with van der Waals surface area (Å²) in [4.78, 5) is 42.6. The van der Waals surface area contributed by atoms with Gasteiger partial charge in [-0.15, -0.1) is 0 Å². The van der Waals surface area contributed by atoms with E-state index in [1.807, 2.05) is 19.1 Å². The van der Waals surface area contributed by atoms with Gasteiger partial charge in [-0.05, 0) is 127 Å². The van der Waals surface area contributed by atoms with Crippen molar-refractivity contribution in [3.63, 3.8) is 0 Å². The standard InChI is InChI=1S/C51H57NO10/c1-3-36-9-11-38-41-17-28-4-5-30-8-10-39(46(57)21-34(30)14-28)42-19-31(33-15-29(26-53)16-37(18-33)52-25-27(2)54)6-7-32-23-49(58)61-47-24-45(56)35(20-40(32)47)22-48(62-50(42)59)51(36,60)43(38)12-13-44(41)55/h4-5,14-16,18,20,24,27,31-32,36,38,41,43,46,48,52-54,56-57,60H,3,8-13,17,19,21-23,25-26H2,1-2H3. The number of carbonyl (C=O) groups is 3. The topological polar surface area (TPSA) is 183 Å². The van der Waals surface area contributed by atoms with Gasteiger partial charge in [-0.25, -0.2) is 4.79 Å². The molecule has 9 rings (SSSR count). The number of ketones is 1. The third kappa shape index (κ3) is 7.85. The molecule has 10 unspecified atom stereocenters. The van der Waals surface area contributed by atoms with Gasteiger partial charge in [0.25, 0.3) is 0 Å². The van der Waals surface area contributed by atoms with Crippen molar-refractivity contribution in [1.29, 1.82) is 0 Å². The molecule has 6 aliphatic rings. The van der Waals surface area contributed by atoms with Crippen molar-refractivity contribution in [3.8, 4) is 23.3 Å². The summed E-state index contributed by atoms with van der Waals surface area (Å²) in [5.74, 6) is 3.25. The number of benzene rings is 3. The Morgan fingerprint density at radius 1 is 0.887 bits per heavy atom. The largest absolute Gasteiger partial charge is 0.508 e. The minimum atomic E-state index is -1.59. The van der Waals surface area contributed by atoms with Crippen molar-refractivity contribution in [2.24, 2.45) is 23.7 Å². The molecule has 2 saturated carbocycles. The first-order chi connectivity index (χ1) is 29.8. The van der Waals surface area contributed by atoms with Crippen LogP contribution in [0.5, 0.6) is 11.5 Å². The summed E-state index contributed by atoms with van der Waals surface area (Å²) in [5.41, 5.74) is 5.11. The zero-order valence-corrected chi connectivity index (χ0v) is 35.5. The lowest BCUT2D eigenvalue weighted by Crippen LogP contribution is -2.63. The van der Waals surface area contributed by atoms with E-state index in [1.54, 1.807) is 19.1 Å². The van der Waals surface area contributed by atoms with E-state index in [0.717, 1.165) is 23.1 Å². The summed E-state index contributed by atoms with van der Waals surface area (Å²) in [5, 5.41) is 61.4. The molecule has 11 heteroatoms. The van der Waals surface area contributed by atoms with Crippen LogP contribution in [0.2, 0.25) is 0 Å². The highest BCUT2D eigenvalue weighted by Gasteiger charge is 2.59. The number of rotatable bonds is 6. The van der Waals surface area contributed by atoms with E-state index in [-0.39, 0.29) is 85.4 Å². The van der Waals surface area contributed by atoms with Crippen molar-refractivity contribution in [3.05, 3.63) is 98.6 Å². The van der Waals surface area contributed by atoms with E-state index in [1.165, 1.54) is 6.07 Å². The number of fused-ring (bicyclic) bond motifs is 8. The lowest BCUT2D eigenvalue weighted by molar-refractivity contribution is -0.212. The molecule has 11 bridgehead atoms. The van der Waals surface area contributed by atoms with Crippen molar-refractivity contribution in [2.45, 2.75) is 133 Å². The predicted molar refractivity (Wildman–Crippen MR) is 230 cm³/mol. The SMILES string of the molecule is CCC1CCC2C3Cc4ccc5c(c4)CC(O)C(=C4CC(c6cc(CO)cc(NCC(C)O)c6)C#CC6CC(=O)Oc7cc(O)c(cc76)CC(OC4=O)C1(O)C2CCC3=O)CC5. The summed E-state index contributed by atoms with van der Waals surface area (Å²) < 4.78 is 12.5. The Morgan fingerprint density at radius 2 is 1.71 bits per heavy atom. The highest BCUT2D eigenvalue weighted by Crippen LogP contribution is 2.55. The molecule has 11 nitrogen and oxygen atoms in total. The number of aryl methyl sites for hydroxylation is 1. The zero-order chi connectivity index (χ0) is 43.4. The van der Waals surface area contributed by atoms with Crippen LogP contribution in [0.25, 0.3) is 0 Å². The van der Waals surface area contributed by atoms with E-state index in [2.05, 4.69) is 35.4 Å². The number of hydrogen-bond acceptors (Lipinski definition) is 11. The number of carbonyl (C=O) groups excluding carboxylic acids is 3. The Kier molecular flexibility index (Phi) is 11.6. The van der Waals surface area contributed by atoms with Gasteiger partial charge < -0.3 is 40.3 Å². The number of phenolic OH excluding ortho intramolecular Hbond substituents is 1. The average molecular weight is 844 g/mol. The number of phenols is 1. The molecule has 0 radical (unpaired) electrons. The maximum atomic E-state index is 15.5. The first kappa shape index (κ1) is 42.3. The second-order valence-electron chi connectivity index (χ2n) is 18.7. The van der Waals surface area contributed by atoms with Gasteiger partial charge in [0.1, 0.15) is 29.0 Å². The summed E-state index contributed by atoms with van der Waals surface area (Å²) >= 11 is 0. The third-order valence-corrected chi connectivity index (χ3v) is 15.0. The monoisotopic (exact) mass is 843 g/mol. The number of Topliss-reactive ketones (excluding diaryl/α,β-unsaturated/α-hetero) is 1. The normalized spacial score (nSPS) is 30.9. The highest BCUT2D eigenvalue weighted by atomic mass is 16.6. The van der Waals surface area contributed by atoms with Gasteiger partial charge in [-0.1, -0.05) is 49.5 Å². The van der Waals surface area contributed by atoms with Gasteiger partial charge in [0.05, 0.1) is 31.2 Å². The molecule has 0 amide bonds. The van der Waals surface area contributed by atoms with E-state index < -0.39 is 47.7 Å². The van der Waals surface area contributed by atoms with Crippen LogP contribution < -0.4 is 10.1 Å². The Morgan fingerprint density at radius 3 is 2.50 bits per heavy atom. The quantitative estimate of drug-likeness (QED) is 0.0991. The first-order valence-corrected chi connectivity index (χ1v) is 22.5. The van der Waals surface area contributed by atoms with Crippen molar-refractivity contribution in [1.82, 2.24) is 0 Å². The lowest BCUT2D eigenvalue weighted by Gasteiger charge is -2.56. The van der Waals surface area contributed by atoms with Crippen LogP contribution in [0.3, 0.4) is 0 Å². The number of ether oxygens (including phenoxy) is 2. The van der Waals surface area contributed by atoms with E-state index in [0.29, 0.717) is 78.5 Å². The molecule has 0 spiro atoms. The molecule has 62 heavy (non-hydrogen) atoms. The van der Waals surface area contributed by atoms with Crippen molar-refractivity contribution >= 4 is 23.4 Å². The number of nitrogens with one attached hydrogen (secondary N) is 1. The summed E-state index contributed by atoms with van der Waals surface area (Å²) in [6, 6.07) is 15.0. The third-order valence-electron chi connectivity index (χ3n) is 15.0. The van der Waals surface area contributed by atoms with E-state index >= 15 is 4.79 Å². The van der Waals surface area contributed by atoms with Gasteiger partial charge >= 0.3 is 11.9 Å². The number of esters is 2. The molecular weight excluding hydrogens is 787 g/mol. The molecule has 3 heterocycles. The molecule has 0 aromatic heterocycles. The van der Waals surface area contributed by atoms with Crippen LogP contribution in [-0.2, 0) is 51.4 Å². The number of aliphatic hydroxyl groups is 4. The van der Waals surface area contributed by atoms with Crippen LogP contribution in [0.1, 0.15) is 116 Å². The Bertz CT molecular complexity index is 2390. The van der Waals surface area contributed by atoms with E-state index in [4.69, 9.17) is 9.47 Å². The second kappa shape index (κ2) is 16.9. The molecular formula is C51H57NO10. The van der Waals surface area contributed by atoms with Gasteiger partial charge in [-0.2, -0.15) is 0 Å². The second-order valence-corrected chi connectivity index (χ2v) is 18.7. The maximum absolute atomic E-state index is 15.5. The molecule has 6 N–H and O–H groups in total. The number of aromatic hydroxyl groups is 1. The fraction of sp³-hybridized carbons (Fsp3) is 0.510. The Balaban J connectivity index is 1.29. The van der Waals surface area contributed by atoms with Gasteiger partial charge in [0, 0.05) is 60.5 Å². The van der Waals surface area contributed by atoms with Gasteiger partial charge in [0.2, 0.25) is 0 Å². The number of hydrogen-bond donors (Lipinski definition) is 6. The summed E-state index contributed by atoms with van der Waals surface area (Å²) in [6.07, 6.45) is 1.39. The number of aliphatic hydroxyl groups excluding tert-OH is 3. The lowest BCUT2D eigenvalue weighted by atomic mass is 9.53. The molecule has 3 aliphatic carbocycles.